The van der Waals surface area contributed by atoms with E-state index in [0.29, 0.717) is 50.3 Å². The minimum Gasteiger partial charge on any atom is -0.491 e. The lowest BCUT2D eigenvalue weighted by Crippen LogP contribution is -2.38. The van der Waals surface area contributed by atoms with Crippen molar-refractivity contribution in [1.82, 2.24) is 15.6 Å². The zero-order chi connectivity index (χ0) is 22.0. The van der Waals surface area contributed by atoms with Gasteiger partial charge in [0.15, 0.2) is 11.7 Å². The van der Waals surface area contributed by atoms with Gasteiger partial charge in [0.05, 0.1) is 11.6 Å². The predicted molar refractivity (Wildman–Crippen MR) is 128 cm³/mol. The first kappa shape index (κ1) is 27.4. The molecule has 0 radical (unpaired) electrons. The molecule has 174 valence electrons. The second-order valence-corrected chi connectivity index (χ2v) is 7.33. The average molecular weight is 572 g/mol. The number of rotatable bonds is 10. The summed E-state index contributed by atoms with van der Waals surface area (Å²) in [5, 5.41) is 7.74. The molecule has 0 fully saturated rings. The Balaban J connectivity index is 0.00000480. The van der Waals surface area contributed by atoms with Crippen molar-refractivity contribution < 1.29 is 22.6 Å². The summed E-state index contributed by atoms with van der Waals surface area (Å²) in [7, 11) is 1.63. The van der Waals surface area contributed by atoms with Crippen LogP contribution in [0.25, 0.3) is 0 Å². The van der Waals surface area contributed by atoms with Crippen molar-refractivity contribution in [3.05, 3.63) is 45.4 Å². The van der Waals surface area contributed by atoms with Gasteiger partial charge in [-0.25, -0.2) is 4.98 Å². The number of thiazole rings is 1. The van der Waals surface area contributed by atoms with E-state index in [2.05, 4.69) is 20.6 Å². The summed E-state index contributed by atoms with van der Waals surface area (Å²) in [6, 6.07) is 5.96. The lowest BCUT2D eigenvalue weighted by Gasteiger charge is -2.15. The number of aromatic nitrogens is 1. The number of alkyl halides is 3. The Hall–Kier alpha value is -1.60. The number of aliphatic imine (C=N–C) groups is 1. The van der Waals surface area contributed by atoms with Crippen LogP contribution < -0.4 is 15.4 Å². The molecule has 1 aromatic carbocycles. The number of ether oxygens (including phenoxy) is 2. The van der Waals surface area contributed by atoms with E-state index in [9.17, 15) is 13.2 Å². The van der Waals surface area contributed by atoms with E-state index in [1.165, 1.54) is 0 Å². The van der Waals surface area contributed by atoms with Gasteiger partial charge in [-0.15, -0.1) is 35.3 Å². The third-order valence-electron chi connectivity index (χ3n) is 4.06. The first-order valence-electron chi connectivity index (χ1n) is 9.59. The van der Waals surface area contributed by atoms with Gasteiger partial charge in [-0.2, -0.15) is 13.2 Å². The van der Waals surface area contributed by atoms with Crippen molar-refractivity contribution in [3.63, 3.8) is 0 Å². The van der Waals surface area contributed by atoms with E-state index < -0.39 is 11.9 Å². The molecule has 6 nitrogen and oxygen atoms in total. The fourth-order valence-electron chi connectivity index (χ4n) is 2.54. The Labute approximate surface area is 201 Å². The number of benzene rings is 1. The third-order valence-corrected chi connectivity index (χ3v) is 4.96. The Morgan fingerprint density at radius 1 is 1.23 bits per heavy atom. The standard InChI is InChI=1S/C20H27F3N4O2S.HI/c1-4-28-9-10-29-16-11-14(2)5-6-15(16)12-26-19(24-3)25-8-7-18-27-17(13-30-18)20(21,22)23;/h5-6,11,13H,4,7-10,12H2,1-3H3,(H2,24,25,26);1H. The number of halogens is 4. The molecule has 0 saturated heterocycles. The number of nitrogens with zero attached hydrogens (tertiary/aromatic N) is 2. The summed E-state index contributed by atoms with van der Waals surface area (Å²) in [4.78, 5) is 7.77. The van der Waals surface area contributed by atoms with Crippen LogP contribution in [0.4, 0.5) is 13.2 Å². The quantitative estimate of drug-likeness (QED) is 0.191. The predicted octanol–water partition coefficient (Wildman–Crippen LogP) is 4.41. The van der Waals surface area contributed by atoms with Crippen LogP contribution in [-0.2, 0) is 23.9 Å². The fraction of sp³-hybridized carbons (Fsp3) is 0.500. The van der Waals surface area contributed by atoms with Crippen LogP contribution in [0.3, 0.4) is 0 Å². The summed E-state index contributed by atoms with van der Waals surface area (Å²) in [6.07, 6.45) is -4.03. The number of hydrogen-bond acceptors (Lipinski definition) is 5. The Kier molecular flexibility index (Phi) is 12.2. The molecule has 0 saturated carbocycles. The Morgan fingerprint density at radius 3 is 2.65 bits per heavy atom. The molecular weight excluding hydrogens is 544 g/mol. The molecule has 0 unspecified atom stereocenters. The first-order valence-corrected chi connectivity index (χ1v) is 10.5. The lowest BCUT2D eigenvalue weighted by atomic mass is 10.1. The van der Waals surface area contributed by atoms with Crippen molar-refractivity contribution in [2.45, 2.75) is 33.0 Å². The molecule has 0 atom stereocenters. The maximum absolute atomic E-state index is 12.6. The SMILES string of the molecule is CCOCCOc1cc(C)ccc1CNC(=NC)NCCc1nc(C(F)(F)F)cs1.I. The Morgan fingerprint density at radius 2 is 2.00 bits per heavy atom. The summed E-state index contributed by atoms with van der Waals surface area (Å²) in [5.74, 6) is 1.32. The van der Waals surface area contributed by atoms with Crippen molar-refractivity contribution in [1.29, 1.82) is 0 Å². The molecule has 2 aromatic rings. The summed E-state index contributed by atoms with van der Waals surface area (Å²) >= 11 is 1.00. The van der Waals surface area contributed by atoms with Crippen LogP contribution in [0.5, 0.6) is 5.75 Å². The van der Waals surface area contributed by atoms with Crippen molar-refractivity contribution in [3.8, 4) is 5.75 Å². The minimum atomic E-state index is -4.41. The van der Waals surface area contributed by atoms with Crippen LogP contribution >= 0.6 is 35.3 Å². The second-order valence-electron chi connectivity index (χ2n) is 6.38. The van der Waals surface area contributed by atoms with E-state index in [1.54, 1.807) is 7.05 Å². The Bertz CT molecular complexity index is 831. The first-order chi connectivity index (χ1) is 14.3. The molecule has 2 N–H and O–H groups in total. The zero-order valence-electron chi connectivity index (χ0n) is 17.7. The molecule has 0 amide bonds. The lowest BCUT2D eigenvalue weighted by molar-refractivity contribution is -0.140. The minimum absolute atomic E-state index is 0. The highest BCUT2D eigenvalue weighted by molar-refractivity contribution is 14.0. The van der Waals surface area contributed by atoms with Crippen molar-refractivity contribution >= 4 is 41.3 Å². The number of nitrogens with one attached hydrogen (secondary N) is 2. The fourth-order valence-corrected chi connectivity index (χ4v) is 3.35. The average Bonchev–Trinajstić information content (AvgIpc) is 3.18. The van der Waals surface area contributed by atoms with E-state index in [0.717, 1.165) is 33.6 Å². The van der Waals surface area contributed by atoms with Crippen LogP contribution in [0.2, 0.25) is 0 Å². The van der Waals surface area contributed by atoms with E-state index in [-0.39, 0.29) is 24.0 Å². The molecular formula is C20H28F3IN4O2S. The normalized spacial score (nSPS) is 11.7. The zero-order valence-corrected chi connectivity index (χ0v) is 20.9. The van der Waals surface area contributed by atoms with Gasteiger partial charge in [-0.3, -0.25) is 4.99 Å². The maximum atomic E-state index is 12.6. The molecule has 1 heterocycles. The molecule has 2 rings (SSSR count). The van der Waals surface area contributed by atoms with Crippen molar-refractivity contribution in [2.75, 3.05) is 33.4 Å². The molecule has 11 heteroatoms. The van der Waals surface area contributed by atoms with Crippen LogP contribution in [0.15, 0.2) is 28.6 Å². The smallest absolute Gasteiger partial charge is 0.434 e. The van der Waals surface area contributed by atoms with Gasteiger partial charge in [-0.05, 0) is 25.5 Å². The van der Waals surface area contributed by atoms with Gasteiger partial charge in [0.25, 0.3) is 0 Å². The molecule has 0 aliphatic rings. The van der Waals surface area contributed by atoms with Gasteiger partial charge in [-0.1, -0.05) is 12.1 Å². The van der Waals surface area contributed by atoms with Crippen molar-refractivity contribution in [2.24, 2.45) is 4.99 Å². The number of guanidine groups is 1. The largest absolute Gasteiger partial charge is 0.491 e. The second kappa shape index (κ2) is 13.7. The third kappa shape index (κ3) is 9.60. The van der Waals surface area contributed by atoms with E-state index >= 15 is 0 Å². The summed E-state index contributed by atoms with van der Waals surface area (Å²) in [6.45, 7) is 6.46. The van der Waals surface area contributed by atoms with E-state index in [1.807, 2.05) is 32.0 Å². The highest BCUT2D eigenvalue weighted by Gasteiger charge is 2.33. The highest BCUT2D eigenvalue weighted by Crippen LogP contribution is 2.30. The van der Waals surface area contributed by atoms with Gasteiger partial charge in [0.2, 0.25) is 0 Å². The monoisotopic (exact) mass is 572 g/mol. The van der Waals surface area contributed by atoms with Gasteiger partial charge in [0, 0.05) is 44.1 Å². The topological polar surface area (TPSA) is 67.8 Å². The van der Waals surface area contributed by atoms with Gasteiger partial charge in [0.1, 0.15) is 12.4 Å². The van der Waals surface area contributed by atoms with E-state index in [4.69, 9.17) is 9.47 Å². The van der Waals surface area contributed by atoms with Gasteiger partial charge >= 0.3 is 6.18 Å². The maximum Gasteiger partial charge on any atom is 0.434 e. The molecule has 0 spiro atoms. The molecule has 0 bridgehead atoms. The highest BCUT2D eigenvalue weighted by atomic mass is 127. The number of hydrogen-bond donors (Lipinski definition) is 2. The number of aryl methyl sites for hydroxylation is 1. The molecule has 0 aliphatic carbocycles. The van der Waals surface area contributed by atoms with Gasteiger partial charge < -0.3 is 20.1 Å². The molecule has 1 aromatic heterocycles. The molecule has 0 aliphatic heterocycles. The van der Waals surface area contributed by atoms with Crippen LogP contribution in [-0.4, -0.2) is 44.4 Å². The molecule has 31 heavy (non-hydrogen) atoms. The summed E-state index contributed by atoms with van der Waals surface area (Å²) < 4.78 is 49.0. The summed E-state index contributed by atoms with van der Waals surface area (Å²) in [5.41, 5.74) is 1.21. The van der Waals surface area contributed by atoms with Crippen LogP contribution in [0, 0.1) is 6.92 Å². The van der Waals surface area contributed by atoms with Crippen LogP contribution in [0.1, 0.15) is 28.8 Å².